The van der Waals surface area contributed by atoms with Crippen molar-refractivity contribution in [2.45, 2.75) is 13.0 Å². The predicted octanol–water partition coefficient (Wildman–Crippen LogP) is 4.05. The highest BCUT2D eigenvalue weighted by atomic mass is 35.5. The molecule has 21 heavy (non-hydrogen) atoms. The number of nitrogens with two attached hydrogens (primary N) is 1. The third-order valence-electron chi connectivity index (χ3n) is 3.02. The summed E-state index contributed by atoms with van der Waals surface area (Å²) < 4.78 is 0.942. The molecule has 3 nitrogen and oxygen atoms in total. The highest BCUT2D eigenvalue weighted by Crippen LogP contribution is 2.32. The number of thiophene rings is 1. The van der Waals surface area contributed by atoms with Crippen LogP contribution >= 0.6 is 34.5 Å². The number of hydrogen-bond acceptors (Lipinski definition) is 3. The molecule has 0 aliphatic heterocycles. The topological polar surface area (TPSA) is 46.3 Å². The first-order valence-corrected chi connectivity index (χ1v) is 8.17. The molecule has 112 valence electrons. The fraction of sp³-hybridized carbons (Fsp3) is 0.267. The maximum Gasteiger partial charge on any atom is 0.256 e. The van der Waals surface area contributed by atoms with Gasteiger partial charge in [-0.15, -0.1) is 11.3 Å². The first-order chi connectivity index (χ1) is 10.1. The zero-order valence-corrected chi connectivity index (χ0v) is 13.7. The van der Waals surface area contributed by atoms with Gasteiger partial charge < -0.3 is 10.6 Å². The average Bonchev–Trinajstić information content (AvgIpc) is 2.82. The highest BCUT2D eigenvalue weighted by molar-refractivity contribution is 7.20. The van der Waals surface area contributed by atoms with Crippen molar-refractivity contribution in [1.29, 1.82) is 0 Å². The van der Waals surface area contributed by atoms with Gasteiger partial charge in [0, 0.05) is 13.1 Å². The van der Waals surface area contributed by atoms with Gasteiger partial charge in [0.25, 0.3) is 5.91 Å². The van der Waals surface area contributed by atoms with Crippen LogP contribution in [0.1, 0.15) is 22.3 Å². The van der Waals surface area contributed by atoms with Crippen molar-refractivity contribution in [3.8, 4) is 0 Å². The molecule has 2 rings (SSSR count). The first-order valence-electron chi connectivity index (χ1n) is 6.60. The summed E-state index contributed by atoms with van der Waals surface area (Å²) >= 11 is 13.2. The van der Waals surface area contributed by atoms with Crippen molar-refractivity contribution < 1.29 is 4.79 Å². The molecule has 1 heterocycles. The van der Waals surface area contributed by atoms with E-state index in [0.29, 0.717) is 33.9 Å². The van der Waals surface area contributed by atoms with E-state index in [4.69, 9.17) is 28.9 Å². The molecule has 0 spiro atoms. The summed E-state index contributed by atoms with van der Waals surface area (Å²) in [5.74, 6) is -0.111. The molecule has 0 unspecified atom stereocenters. The van der Waals surface area contributed by atoms with Crippen molar-refractivity contribution in [2.75, 3.05) is 13.1 Å². The molecule has 0 radical (unpaired) electrons. The van der Waals surface area contributed by atoms with Crippen LogP contribution in [0.4, 0.5) is 0 Å². The summed E-state index contributed by atoms with van der Waals surface area (Å²) in [7, 11) is 0. The summed E-state index contributed by atoms with van der Waals surface area (Å²) in [5, 5.41) is 0. The molecule has 0 fully saturated rings. The lowest BCUT2D eigenvalue weighted by Crippen LogP contribution is -2.32. The van der Waals surface area contributed by atoms with Crippen LogP contribution in [-0.4, -0.2) is 23.9 Å². The van der Waals surface area contributed by atoms with Crippen molar-refractivity contribution in [1.82, 2.24) is 4.90 Å². The van der Waals surface area contributed by atoms with E-state index in [1.54, 1.807) is 11.0 Å². The van der Waals surface area contributed by atoms with Gasteiger partial charge in [-0.2, -0.15) is 0 Å². The monoisotopic (exact) mass is 342 g/mol. The minimum absolute atomic E-state index is 0.111. The van der Waals surface area contributed by atoms with Crippen molar-refractivity contribution >= 4 is 40.4 Å². The maximum atomic E-state index is 12.6. The van der Waals surface area contributed by atoms with Crippen LogP contribution in [0.25, 0.3) is 0 Å². The molecule has 0 aliphatic carbocycles. The van der Waals surface area contributed by atoms with Gasteiger partial charge in [0.1, 0.15) is 4.34 Å². The molecule has 0 saturated heterocycles. The van der Waals surface area contributed by atoms with Crippen molar-refractivity contribution in [3.63, 3.8) is 0 Å². The van der Waals surface area contributed by atoms with Crippen LogP contribution in [0.5, 0.6) is 0 Å². The zero-order valence-electron chi connectivity index (χ0n) is 11.4. The Labute approximate surface area is 138 Å². The molecule has 1 aromatic carbocycles. The SMILES string of the molecule is NCCCN(Cc1ccccc1)C(=O)c1cc(Cl)sc1Cl. The Kier molecular flexibility index (Phi) is 6.06. The highest BCUT2D eigenvalue weighted by Gasteiger charge is 2.20. The standard InChI is InChI=1S/C15H16Cl2N2OS/c16-13-9-12(14(17)21-13)15(20)19(8-4-7-18)10-11-5-2-1-3-6-11/h1-3,5-6,9H,4,7-8,10,18H2. The molecule has 1 amide bonds. The minimum Gasteiger partial charge on any atom is -0.334 e. The van der Waals surface area contributed by atoms with Crippen LogP contribution < -0.4 is 5.73 Å². The molecule has 0 atom stereocenters. The molecular formula is C15H16Cl2N2OS. The fourth-order valence-electron chi connectivity index (χ4n) is 1.99. The lowest BCUT2D eigenvalue weighted by atomic mass is 10.2. The van der Waals surface area contributed by atoms with E-state index in [0.717, 1.165) is 12.0 Å². The zero-order chi connectivity index (χ0) is 15.2. The first kappa shape index (κ1) is 16.3. The van der Waals surface area contributed by atoms with Crippen LogP contribution in [-0.2, 0) is 6.54 Å². The van der Waals surface area contributed by atoms with E-state index < -0.39 is 0 Å². The molecular weight excluding hydrogens is 327 g/mol. The van der Waals surface area contributed by atoms with E-state index >= 15 is 0 Å². The predicted molar refractivity (Wildman–Crippen MR) is 89.2 cm³/mol. The number of amides is 1. The van der Waals surface area contributed by atoms with E-state index in [1.807, 2.05) is 30.3 Å². The maximum absolute atomic E-state index is 12.6. The van der Waals surface area contributed by atoms with Gasteiger partial charge in [0.15, 0.2) is 0 Å². The van der Waals surface area contributed by atoms with Crippen LogP contribution in [0.2, 0.25) is 8.67 Å². The molecule has 1 aromatic heterocycles. The second kappa shape index (κ2) is 7.80. The second-order valence-electron chi connectivity index (χ2n) is 4.59. The fourth-order valence-corrected chi connectivity index (χ4v) is 3.44. The number of nitrogens with zero attached hydrogens (tertiary/aromatic N) is 1. The normalized spacial score (nSPS) is 10.6. The average molecular weight is 343 g/mol. The summed E-state index contributed by atoms with van der Waals surface area (Å²) in [4.78, 5) is 14.4. The van der Waals surface area contributed by atoms with Crippen LogP contribution in [0.3, 0.4) is 0 Å². The summed E-state index contributed by atoms with van der Waals surface area (Å²) in [6.45, 7) is 1.66. The van der Waals surface area contributed by atoms with Crippen molar-refractivity contribution in [3.05, 3.63) is 56.2 Å². The lowest BCUT2D eigenvalue weighted by molar-refractivity contribution is 0.0743. The molecule has 0 saturated carbocycles. The van der Waals surface area contributed by atoms with Gasteiger partial charge in [-0.1, -0.05) is 53.5 Å². The van der Waals surface area contributed by atoms with Gasteiger partial charge in [0.2, 0.25) is 0 Å². The number of benzene rings is 1. The second-order valence-corrected chi connectivity index (χ2v) is 6.88. The van der Waals surface area contributed by atoms with Crippen LogP contribution in [0.15, 0.2) is 36.4 Å². The Hall–Kier alpha value is -1.07. The molecule has 0 aliphatic rings. The number of halogens is 2. The Morgan fingerprint density at radius 1 is 1.24 bits per heavy atom. The number of rotatable bonds is 6. The quantitative estimate of drug-likeness (QED) is 0.860. The number of hydrogen-bond donors (Lipinski definition) is 1. The third kappa shape index (κ3) is 4.45. The van der Waals surface area contributed by atoms with Crippen molar-refractivity contribution in [2.24, 2.45) is 5.73 Å². The van der Waals surface area contributed by atoms with E-state index in [1.165, 1.54) is 11.3 Å². The summed E-state index contributed by atoms with van der Waals surface area (Å²) in [6.07, 6.45) is 0.744. The van der Waals surface area contributed by atoms with Gasteiger partial charge in [-0.05, 0) is 24.6 Å². The van der Waals surface area contributed by atoms with Gasteiger partial charge in [0.05, 0.1) is 9.90 Å². The Morgan fingerprint density at radius 2 is 1.95 bits per heavy atom. The minimum atomic E-state index is -0.111. The van der Waals surface area contributed by atoms with Gasteiger partial charge in [-0.3, -0.25) is 4.79 Å². The largest absolute Gasteiger partial charge is 0.334 e. The summed E-state index contributed by atoms with van der Waals surface area (Å²) in [6, 6.07) is 11.5. The van der Waals surface area contributed by atoms with Crippen LogP contribution in [0, 0.1) is 0 Å². The van der Waals surface area contributed by atoms with Gasteiger partial charge in [-0.25, -0.2) is 0 Å². The molecule has 2 aromatic rings. The summed E-state index contributed by atoms with van der Waals surface area (Å²) in [5.41, 5.74) is 7.09. The van der Waals surface area contributed by atoms with E-state index in [-0.39, 0.29) is 5.91 Å². The number of carbonyl (C=O) groups excluding carboxylic acids is 1. The Balaban J connectivity index is 2.19. The lowest BCUT2D eigenvalue weighted by Gasteiger charge is -2.22. The molecule has 6 heteroatoms. The molecule has 0 bridgehead atoms. The third-order valence-corrected chi connectivity index (χ3v) is 4.51. The Morgan fingerprint density at radius 3 is 2.52 bits per heavy atom. The number of carbonyl (C=O) groups is 1. The van der Waals surface area contributed by atoms with E-state index in [9.17, 15) is 4.79 Å². The smallest absolute Gasteiger partial charge is 0.256 e. The van der Waals surface area contributed by atoms with E-state index in [2.05, 4.69) is 0 Å². The molecule has 2 N–H and O–H groups in total. The van der Waals surface area contributed by atoms with Gasteiger partial charge >= 0.3 is 0 Å². The Bertz CT molecular complexity index is 601.